The zero-order chi connectivity index (χ0) is 9.10. The van der Waals surface area contributed by atoms with E-state index < -0.39 is 0 Å². The average molecular weight is 182 g/mol. The van der Waals surface area contributed by atoms with Crippen LogP contribution in [0, 0.1) is 5.41 Å². The molecule has 2 saturated carbocycles. The van der Waals surface area contributed by atoms with E-state index in [1.165, 1.54) is 19.3 Å². The normalized spacial score (nSPS) is 59.5. The van der Waals surface area contributed by atoms with Gasteiger partial charge in [0.25, 0.3) is 0 Å². The van der Waals surface area contributed by atoms with Gasteiger partial charge in [0.1, 0.15) is 5.60 Å². The number of hydrogen-bond acceptors (Lipinski definition) is 2. The number of hydrogen-bond donors (Lipinski definition) is 1. The third kappa shape index (κ3) is 0.909. The van der Waals surface area contributed by atoms with Crippen LogP contribution in [0.1, 0.15) is 45.4 Å². The summed E-state index contributed by atoms with van der Waals surface area (Å²) in [7, 11) is 0. The van der Waals surface area contributed by atoms with E-state index in [1.807, 2.05) is 0 Å². The molecule has 2 nitrogen and oxygen atoms in total. The largest absolute Gasteiger partial charge is 0.393 e. The third-order valence-corrected chi connectivity index (χ3v) is 4.60. The van der Waals surface area contributed by atoms with Gasteiger partial charge in [0, 0.05) is 6.42 Å². The number of rotatable bonds is 0. The van der Waals surface area contributed by atoms with Gasteiger partial charge in [0.15, 0.2) is 0 Å². The van der Waals surface area contributed by atoms with E-state index in [4.69, 9.17) is 4.74 Å². The minimum absolute atomic E-state index is 0.100. The first-order chi connectivity index (χ1) is 6.16. The van der Waals surface area contributed by atoms with Crippen molar-refractivity contribution < 1.29 is 9.84 Å². The highest BCUT2D eigenvalue weighted by molar-refractivity contribution is 5.18. The van der Waals surface area contributed by atoms with Crippen molar-refractivity contribution in [1.29, 1.82) is 0 Å². The molecule has 74 valence electrons. The maximum absolute atomic E-state index is 9.67. The van der Waals surface area contributed by atoms with Crippen molar-refractivity contribution in [3.05, 3.63) is 0 Å². The fourth-order valence-electron chi connectivity index (χ4n) is 3.63. The minimum Gasteiger partial charge on any atom is -0.393 e. The second-order valence-electron chi connectivity index (χ2n) is 5.35. The van der Waals surface area contributed by atoms with E-state index in [0.717, 1.165) is 19.3 Å². The first-order valence-corrected chi connectivity index (χ1v) is 5.52. The Morgan fingerprint density at radius 3 is 3.00 bits per heavy atom. The number of epoxide rings is 1. The Balaban J connectivity index is 1.91. The Kier molecular flexibility index (Phi) is 1.45. The summed E-state index contributed by atoms with van der Waals surface area (Å²) in [6.45, 7) is 2.36. The molecule has 3 fully saturated rings. The summed E-state index contributed by atoms with van der Waals surface area (Å²) in [5.74, 6) is 0. The van der Waals surface area contributed by atoms with E-state index in [1.54, 1.807) is 0 Å². The van der Waals surface area contributed by atoms with Crippen molar-refractivity contribution in [3.8, 4) is 0 Å². The summed E-state index contributed by atoms with van der Waals surface area (Å²) in [4.78, 5) is 0. The Labute approximate surface area is 79.3 Å². The quantitative estimate of drug-likeness (QED) is 0.580. The topological polar surface area (TPSA) is 32.8 Å². The average Bonchev–Trinajstić information content (AvgIpc) is 2.77. The molecule has 3 rings (SSSR count). The van der Waals surface area contributed by atoms with Crippen molar-refractivity contribution in [1.82, 2.24) is 0 Å². The number of aliphatic hydroxyl groups is 1. The van der Waals surface area contributed by atoms with Gasteiger partial charge in [-0.05, 0) is 31.1 Å². The highest BCUT2D eigenvalue weighted by Crippen LogP contribution is 2.64. The van der Waals surface area contributed by atoms with Gasteiger partial charge in [-0.25, -0.2) is 0 Å². The van der Waals surface area contributed by atoms with Crippen LogP contribution in [-0.4, -0.2) is 22.9 Å². The molecule has 13 heavy (non-hydrogen) atoms. The van der Waals surface area contributed by atoms with Crippen molar-refractivity contribution in [3.63, 3.8) is 0 Å². The van der Waals surface area contributed by atoms with Crippen LogP contribution in [0.5, 0.6) is 0 Å². The summed E-state index contributed by atoms with van der Waals surface area (Å²) in [5, 5.41) is 9.67. The van der Waals surface area contributed by atoms with Gasteiger partial charge in [-0.15, -0.1) is 0 Å². The fourth-order valence-corrected chi connectivity index (χ4v) is 3.63. The molecule has 2 unspecified atom stereocenters. The molecule has 0 bridgehead atoms. The van der Waals surface area contributed by atoms with E-state index >= 15 is 0 Å². The van der Waals surface area contributed by atoms with Crippen LogP contribution in [0.15, 0.2) is 0 Å². The van der Waals surface area contributed by atoms with Crippen LogP contribution in [-0.2, 0) is 4.74 Å². The lowest BCUT2D eigenvalue weighted by atomic mass is 9.59. The van der Waals surface area contributed by atoms with E-state index in [2.05, 4.69) is 6.92 Å². The molecule has 0 aromatic heterocycles. The molecule has 1 N–H and O–H groups in total. The van der Waals surface area contributed by atoms with Crippen LogP contribution in [0.4, 0.5) is 0 Å². The molecule has 1 heterocycles. The standard InChI is InChI=1S/C11H18O2/c1-10-5-2-3-9-11(10,13-9)7-8(12)4-6-10/h8-9,12H,2-7H2,1H3/t8-,9?,10-,11?/m0/s1. The molecule has 2 heteroatoms. The molecule has 0 aromatic carbocycles. The van der Waals surface area contributed by atoms with E-state index in [9.17, 15) is 5.11 Å². The van der Waals surface area contributed by atoms with Crippen LogP contribution in [0.3, 0.4) is 0 Å². The van der Waals surface area contributed by atoms with E-state index in [0.29, 0.717) is 11.5 Å². The maximum atomic E-state index is 9.67. The van der Waals surface area contributed by atoms with Crippen molar-refractivity contribution in [2.24, 2.45) is 5.41 Å². The summed E-state index contributed by atoms with van der Waals surface area (Å²) in [5.41, 5.74) is 0.484. The van der Waals surface area contributed by atoms with Crippen LogP contribution in [0.25, 0.3) is 0 Å². The summed E-state index contributed by atoms with van der Waals surface area (Å²) < 4.78 is 5.88. The monoisotopic (exact) mass is 182 g/mol. The van der Waals surface area contributed by atoms with Gasteiger partial charge in [-0.1, -0.05) is 13.3 Å². The molecule has 4 atom stereocenters. The molecule has 1 aliphatic heterocycles. The predicted octanol–water partition coefficient (Wildman–Crippen LogP) is 1.86. The number of ether oxygens (including phenoxy) is 1. The first kappa shape index (κ1) is 8.25. The van der Waals surface area contributed by atoms with E-state index in [-0.39, 0.29) is 11.7 Å². The maximum Gasteiger partial charge on any atom is 0.103 e. The lowest BCUT2D eigenvalue weighted by molar-refractivity contribution is -0.0135. The molecule has 0 amide bonds. The molecule has 0 aromatic rings. The zero-order valence-corrected chi connectivity index (χ0v) is 8.25. The smallest absolute Gasteiger partial charge is 0.103 e. The molecule has 1 saturated heterocycles. The van der Waals surface area contributed by atoms with Crippen LogP contribution in [0.2, 0.25) is 0 Å². The van der Waals surface area contributed by atoms with Gasteiger partial charge in [0.2, 0.25) is 0 Å². The van der Waals surface area contributed by atoms with Gasteiger partial charge in [-0.2, -0.15) is 0 Å². The molecular weight excluding hydrogens is 164 g/mol. The Bertz CT molecular complexity index is 240. The molecular formula is C11H18O2. The predicted molar refractivity (Wildman–Crippen MR) is 49.4 cm³/mol. The Morgan fingerprint density at radius 1 is 1.31 bits per heavy atom. The Hall–Kier alpha value is -0.0800. The Morgan fingerprint density at radius 2 is 2.15 bits per heavy atom. The molecule has 0 radical (unpaired) electrons. The first-order valence-electron chi connectivity index (χ1n) is 5.52. The van der Waals surface area contributed by atoms with Gasteiger partial charge in [0.05, 0.1) is 12.2 Å². The van der Waals surface area contributed by atoms with Crippen molar-refractivity contribution >= 4 is 0 Å². The highest BCUT2D eigenvalue weighted by atomic mass is 16.6. The fraction of sp³-hybridized carbons (Fsp3) is 1.00. The van der Waals surface area contributed by atoms with Crippen molar-refractivity contribution in [2.75, 3.05) is 0 Å². The SMILES string of the molecule is C[C@@]12CCCC3OC31C[C@@H](O)CC2. The molecule has 3 aliphatic rings. The van der Waals surface area contributed by atoms with Crippen LogP contribution >= 0.6 is 0 Å². The second kappa shape index (κ2) is 2.29. The zero-order valence-electron chi connectivity index (χ0n) is 8.25. The molecule has 2 aliphatic carbocycles. The van der Waals surface area contributed by atoms with Crippen molar-refractivity contribution in [2.45, 2.75) is 63.3 Å². The van der Waals surface area contributed by atoms with Gasteiger partial charge < -0.3 is 9.84 Å². The number of aliphatic hydroxyl groups excluding tert-OH is 1. The summed E-state index contributed by atoms with van der Waals surface area (Å²) in [6, 6.07) is 0. The second-order valence-corrected chi connectivity index (χ2v) is 5.35. The highest BCUT2D eigenvalue weighted by Gasteiger charge is 2.69. The molecule has 1 spiro atoms. The minimum atomic E-state index is -0.101. The van der Waals surface area contributed by atoms with Gasteiger partial charge in [-0.3, -0.25) is 0 Å². The summed E-state index contributed by atoms with van der Waals surface area (Å²) >= 11 is 0. The van der Waals surface area contributed by atoms with Gasteiger partial charge >= 0.3 is 0 Å². The third-order valence-electron chi connectivity index (χ3n) is 4.60. The van der Waals surface area contributed by atoms with Crippen LogP contribution < -0.4 is 0 Å². The summed E-state index contributed by atoms with van der Waals surface area (Å²) in [6.07, 6.45) is 7.27. The lowest BCUT2D eigenvalue weighted by Crippen LogP contribution is -2.47. The lowest BCUT2D eigenvalue weighted by Gasteiger charge is -2.44.